The van der Waals surface area contributed by atoms with Crippen LogP contribution in [0.5, 0.6) is 11.5 Å². The summed E-state index contributed by atoms with van der Waals surface area (Å²) in [7, 11) is 0. The molecular weight excluding hydrogens is 478 g/mol. The maximum Gasteiger partial charge on any atom is 0.346 e. The normalized spacial score (nSPS) is 10.9. The monoisotopic (exact) mass is 490 g/mol. The molecule has 0 aliphatic carbocycles. The summed E-state index contributed by atoms with van der Waals surface area (Å²) in [5.74, 6) is -13.0. The van der Waals surface area contributed by atoms with Gasteiger partial charge in [0, 0.05) is 10.8 Å². The predicted molar refractivity (Wildman–Crippen MR) is 111 cm³/mol. The lowest BCUT2D eigenvalue weighted by molar-refractivity contribution is 0.0719. The molecule has 0 atom stereocenters. The number of carbonyl (C=O) groups is 2. The van der Waals surface area contributed by atoms with Gasteiger partial charge in [0.15, 0.2) is 34.9 Å². The number of halogens is 6. The van der Waals surface area contributed by atoms with Gasteiger partial charge in [0.1, 0.15) is 11.5 Å². The molecule has 0 aliphatic heterocycles. The standard InChI is InChI=1S/C25H12F6O4/c1-11-5-10-17(34-24(32)13-6-8-15(26)22(30)20(13)28)12-3-2-4-18(19(11)12)35-25(33)14-7-9-16(27)23(31)21(14)29/h2-10H,1H3. The molecule has 4 rings (SSSR count). The molecule has 0 radical (unpaired) electrons. The fourth-order valence-corrected chi connectivity index (χ4v) is 3.37. The lowest BCUT2D eigenvalue weighted by atomic mass is 10.0. The van der Waals surface area contributed by atoms with Crippen LogP contribution in [0.1, 0.15) is 26.3 Å². The second kappa shape index (κ2) is 9.13. The molecule has 0 saturated carbocycles. The third-order valence-electron chi connectivity index (χ3n) is 5.09. The SMILES string of the molecule is Cc1ccc(OC(=O)c2ccc(F)c(F)c2F)c2cccc(OC(=O)c3ccc(F)c(F)c3F)c12. The molecule has 4 aromatic carbocycles. The van der Waals surface area contributed by atoms with Crippen molar-refractivity contribution in [3.63, 3.8) is 0 Å². The minimum absolute atomic E-state index is 0.133. The number of hydrogen-bond donors (Lipinski definition) is 0. The van der Waals surface area contributed by atoms with Crippen molar-refractivity contribution in [1.29, 1.82) is 0 Å². The zero-order valence-corrected chi connectivity index (χ0v) is 17.6. The number of fused-ring (bicyclic) bond motifs is 1. The minimum atomic E-state index is -1.84. The van der Waals surface area contributed by atoms with E-state index in [0.29, 0.717) is 17.7 Å². The molecule has 0 aliphatic rings. The summed E-state index contributed by atoms with van der Waals surface area (Å²) in [4.78, 5) is 24.9. The largest absolute Gasteiger partial charge is 0.422 e. The van der Waals surface area contributed by atoms with Crippen LogP contribution in [0.4, 0.5) is 26.3 Å². The van der Waals surface area contributed by atoms with E-state index in [2.05, 4.69) is 0 Å². The molecule has 0 unspecified atom stereocenters. The van der Waals surface area contributed by atoms with Crippen LogP contribution in [0, 0.1) is 41.8 Å². The lowest BCUT2D eigenvalue weighted by Gasteiger charge is -2.14. The molecule has 0 amide bonds. The molecule has 0 saturated heterocycles. The van der Waals surface area contributed by atoms with Crippen LogP contribution in [0.3, 0.4) is 0 Å². The quantitative estimate of drug-likeness (QED) is 0.143. The smallest absolute Gasteiger partial charge is 0.346 e. The topological polar surface area (TPSA) is 52.6 Å². The van der Waals surface area contributed by atoms with Gasteiger partial charge in [-0.1, -0.05) is 18.2 Å². The Balaban J connectivity index is 1.71. The summed E-state index contributed by atoms with van der Waals surface area (Å²) in [6.07, 6.45) is 0. The second-order valence-electron chi connectivity index (χ2n) is 7.28. The Morgan fingerprint density at radius 1 is 0.600 bits per heavy atom. The number of rotatable bonds is 4. The van der Waals surface area contributed by atoms with Crippen LogP contribution in [0.2, 0.25) is 0 Å². The second-order valence-corrected chi connectivity index (χ2v) is 7.28. The van der Waals surface area contributed by atoms with Gasteiger partial charge in [-0.3, -0.25) is 0 Å². The zero-order chi connectivity index (χ0) is 25.4. The minimum Gasteiger partial charge on any atom is -0.422 e. The number of carbonyl (C=O) groups excluding carboxylic acids is 2. The summed E-state index contributed by atoms with van der Waals surface area (Å²) >= 11 is 0. The Labute approximate surface area is 193 Å². The van der Waals surface area contributed by atoms with Crippen LogP contribution < -0.4 is 9.47 Å². The van der Waals surface area contributed by atoms with Crippen LogP contribution in [0.25, 0.3) is 10.8 Å². The van der Waals surface area contributed by atoms with Crippen molar-refractivity contribution >= 4 is 22.7 Å². The molecule has 0 spiro atoms. The summed E-state index contributed by atoms with van der Waals surface area (Å²) in [5, 5.41) is 0.414. The van der Waals surface area contributed by atoms with Crippen molar-refractivity contribution in [1.82, 2.24) is 0 Å². The first-order valence-corrected chi connectivity index (χ1v) is 9.83. The Bertz CT molecular complexity index is 1520. The molecule has 0 bridgehead atoms. The van der Waals surface area contributed by atoms with Gasteiger partial charge in [0.2, 0.25) is 0 Å². The van der Waals surface area contributed by atoms with Gasteiger partial charge in [-0.05, 0) is 48.9 Å². The molecule has 0 heterocycles. The van der Waals surface area contributed by atoms with Crippen LogP contribution in [-0.4, -0.2) is 11.9 Å². The first-order valence-electron chi connectivity index (χ1n) is 9.83. The zero-order valence-electron chi connectivity index (χ0n) is 17.6. The van der Waals surface area contributed by atoms with E-state index < -0.39 is 58.0 Å². The van der Waals surface area contributed by atoms with Crippen molar-refractivity contribution in [2.24, 2.45) is 0 Å². The molecular formula is C25H12F6O4. The molecule has 4 nitrogen and oxygen atoms in total. The van der Waals surface area contributed by atoms with Crippen molar-refractivity contribution in [2.75, 3.05) is 0 Å². The van der Waals surface area contributed by atoms with Gasteiger partial charge >= 0.3 is 11.9 Å². The van der Waals surface area contributed by atoms with Crippen LogP contribution in [0.15, 0.2) is 54.6 Å². The maximum absolute atomic E-state index is 14.0. The van der Waals surface area contributed by atoms with Crippen molar-refractivity contribution in [2.45, 2.75) is 6.92 Å². The molecule has 0 N–H and O–H groups in total. The molecule has 35 heavy (non-hydrogen) atoms. The number of aryl methyl sites for hydroxylation is 1. The van der Waals surface area contributed by atoms with E-state index in [1.165, 1.54) is 30.3 Å². The van der Waals surface area contributed by atoms with E-state index in [-0.39, 0.29) is 22.3 Å². The first-order chi connectivity index (χ1) is 16.6. The third-order valence-corrected chi connectivity index (χ3v) is 5.09. The summed E-state index contributed by atoms with van der Waals surface area (Å²) < 4.78 is 91.8. The Kier molecular flexibility index (Phi) is 6.21. The Morgan fingerprint density at radius 3 is 1.66 bits per heavy atom. The van der Waals surface area contributed by atoms with Crippen LogP contribution >= 0.6 is 0 Å². The van der Waals surface area contributed by atoms with E-state index in [1.54, 1.807) is 6.92 Å². The molecule has 0 aromatic heterocycles. The average molecular weight is 490 g/mol. The number of esters is 2. The van der Waals surface area contributed by atoms with E-state index in [0.717, 1.165) is 12.1 Å². The maximum atomic E-state index is 14.0. The van der Waals surface area contributed by atoms with Gasteiger partial charge in [-0.15, -0.1) is 0 Å². The molecule has 0 fully saturated rings. The highest BCUT2D eigenvalue weighted by molar-refractivity contribution is 6.01. The number of hydrogen-bond acceptors (Lipinski definition) is 4. The Morgan fingerprint density at radius 2 is 1.11 bits per heavy atom. The summed E-state index contributed by atoms with van der Waals surface area (Å²) in [5.41, 5.74) is -1.20. The summed E-state index contributed by atoms with van der Waals surface area (Å²) in [6, 6.07) is 9.55. The lowest BCUT2D eigenvalue weighted by Crippen LogP contribution is -2.14. The highest BCUT2D eigenvalue weighted by Crippen LogP contribution is 2.36. The fraction of sp³-hybridized carbons (Fsp3) is 0.0400. The number of ether oxygens (including phenoxy) is 2. The highest BCUT2D eigenvalue weighted by Gasteiger charge is 2.24. The molecule has 10 heteroatoms. The van der Waals surface area contributed by atoms with Crippen molar-refractivity contribution < 1.29 is 45.4 Å². The molecule has 4 aromatic rings. The highest BCUT2D eigenvalue weighted by atomic mass is 19.2. The molecule has 178 valence electrons. The van der Waals surface area contributed by atoms with Gasteiger partial charge in [0.25, 0.3) is 0 Å². The van der Waals surface area contributed by atoms with E-state index >= 15 is 0 Å². The van der Waals surface area contributed by atoms with Gasteiger partial charge in [-0.25, -0.2) is 35.9 Å². The van der Waals surface area contributed by atoms with E-state index in [4.69, 9.17) is 9.47 Å². The third kappa shape index (κ3) is 4.30. The number of benzene rings is 4. The van der Waals surface area contributed by atoms with Crippen LogP contribution in [-0.2, 0) is 0 Å². The van der Waals surface area contributed by atoms with Crippen molar-refractivity contribution in [3.05, 3.63) is 106 Å². The van der Waals surface area contributed by atoms with Gasteiger partial charge in [-0.2, -0.15) is 0 Å². The van der Waals surface area contributed by atoms with Gasteiger partial charge < -0.3 is 9.47 Å². The average Bonchev–Trinajstić information content (AvgIpc) is 2.83. The first kappa shape index (κ1) is 23.8. The van der Waals surface area contributed by atoms with E-state index in [9.17, 15) is 35.9 Å². The van der Waals surface area contributed by atoms with E-state index in [1.807, 2.05) is 0 Å². The van der Waals surface area contributed by atoms with Gasteiger partial charge in [0.05, 0.1) is 11.1 Å². The van der Waals surface area contributed by atoms with Crippen molar-refractivity contribution in [3.8, 4) is 11.5 Å². The predicted octanol–water partition coefficient (Wildman–Crippen LogP) is 6.42. The Hall–Kier alpha value is -4.34. The fourth-order valence-electron chi connectivity index (χ4n) is 3.37. The summed E-state index contributed by atoms with van der Waals surface area (Å²) in [6.45, 7) is 1.61.